The van der Waals surface area contributed by atoms with Crippen LogP contribution in [0.2, 0.25) is 5.02 Å². The van der Waals surface area contributed by atoms with E-state index in [9.17, 15) is 12.8 Å². The summed E-state index contributed by atoms with van der Waals surface area (Å²) in [4.78, 5) is 4.21. The zero-order valence-corrected chi connectivity index (χ0v) is 16.6. The van der Waals surface area contributed by atoms with Gasteiger partial charge in [0.15, 0.2) is 0 Å². The predicted octanol–water partition coefficient (Wildman–Crippen LogP) is 4.42. The Morgan fingerprint density at radius 1 is 1.14 bits per heavy atom. The summed E-state index contributed by atoms with van der Waals surface area (Å²) in [5, 5.41) is 3.12. The molecule has 0 saturated carbocycles. The lowest BCUT2D eigenvalue weighted by Crippen LogP contribution is -2.09. The monoisotopic (exact) mass is 424 g/mol. The molecule has 28 heavy (non-hydrogen) atoms. The third-order valence-corrected chi connectivity index (χ3v) is 5.81. The van der Waals surface area contributed by atoms with Crippen molar-refractivity contribution in [2.75, 3.05) is 25.6 Å². The van der Waals surface area contributed by atoms with E-state index in [0.29, 0.717) is 30.2 Å². The first-order valence-corrected chi connectivity index (χ1v) is 10.3. The lowest BCUT2D eigenvalue weighted by atomic mass is 10.2. The second-order valence-electron chi connectivity index (χ2n) is 5.89. The van der Waals surface area contributed by atoms with Gasteiger partial charge in [-0.05, 0) is 55.0 Å². The molecule has 0 spiro atoms. The molecule has 3 rings (SSSR count). The maximum absolute atomic E-state index is 13.2. The molecule has 2 aromatic carbocycles. The minimum atomic E-state index is -3.96. The fraction of sp³-hybridized carbons (Fsp3) is 0.211. The number of oxazole rings is 1. The van der Waals surface area contributed by atoms with Crippen LogP contribution in [0.4, 0.5) is 10.3 Å². The highest BCUT2D eigenvalue weighted by molar-refractivity contribution is 7.91. The van der Waals surface area contributed by atoms with Crippen molar-refractivity contribution in [3.63, 3.8) is 0 Å². The van der Waals surface area contributed by atoms with E-state index in [4.69, 9.17) is 20.8 Å². The minimum Gasteiger partial charge on any atom is -0.419 e. The second kappa shape index (κ2) is 8.72. The molecule has 0 saturated heterocycles. The first-order chi connectivity index (χ1) is 13.4. The van der Waals surface area contributed by atoms with Gasteiger partial charge in [0.2, 0.25) is 26.6 Å². The van der Waals surface area contributed by atoms with Gasteiger partial charge in [-0.25, -0.2) is 12.8 Å². The average molecular weight is 425 g/mol. The van der Waals surface area contributed by atoms with Crippen molar-refractivity contribution >= 4 is 27.3 Å². The summed E-state index contributed by atoms with van der Waals surface area (Å²) in [6, 6.07) is 11.2. The van der Waals surface area contributed by atoms with E-state index in [0.717, 1.165) is 0 Å². The molecule has 0 aliphatic carbocycles. The second-order valence-corrected chi connectivity index (χ2v) is 8.19. The molecule has 0 radical (unpaired) electrons. The molecule has 0 fully saturated rings. The van der Waals surface area contributed by atoms with Crippen LogP contribution in [0.15, 0.2) is 62.9 Å². The first kappa shape index (κ1) is 20.3. The highest BCUT2D eigenvalue weighted by Gasteiger charge is 2.28. The first-order valence-electron chi connectivity index (χ1n) is 8.42. The third-order valence-electron chi connectivity index (χ3n) is 3.88. The number of nitrogens with one attached hydrogen (secondary N) is 1. The van der Waals surface area contributed by atoms with Crippen LogP contribution < -0.4 is 5.32 Å². The van der Waals surface area contributed by atoms with Crippen LogP contribution in [-0.4, -0.2) is 33.7 Å². The molecule has 1 heterocycles. The number of hydrogen-bond donors (Lipinski definition) is 1. The van der Waals surface area contributed by atoms with E-state index < -0.39 is 15.7 Å². The van der Waals surface area contributed by atoms with E-state index in [-0.39, 0.29) is 21.7 Å². The zero-order valence-electron chi connectivity index (χ0n) is 15.0. The molecule has 1 aromatic heterocycles. The van der Waals surface area contributed by atoms with Crippen molar-refractivity contribution in [1.29, 1.82) is 0 Å². The van der Waals surface area contributed by atoms with Crippen LogP contribution in [0, 0.1) is 5.82 Å². The SMILES string of the molecule is COCCCNc1oc(-c2ccc(F)cc2)nc1S(=O)(=O)c1ccc(Cl)cc1. The molecule has 0 aliphatic heterocycles. The standard InChI is InChI=1S/C19H18ClFN2O4S/c1-26-12-2-11-22-18-19(28(24,25)16-9-5-14(20)6-10-16)23-17(27-18)13-3-7-15(21)8-4-13/h3-10,22H,2,11-12H2,1H3. The van der Waals surface area contributed by atoms with Crippen molar-refractivity contribution in [1.82, 2.24) is 4.98 Å². The quantitative estimate of drug-likeness (QED) is 0.539. The largest absolute Gasteiger partial charge is 0.419 e. The van der Waals surface area contributed by atoms with Crippen molar-refractivity contribution in [2.24, 2.45) is 0 Å². The maximum atomic E-state index is 13.2. The van der Waals surface area contributed by atoms with Crippen LogP contribution in [0.25, 0.3) is 11.5 Å². The van der Waals surface area contributed by atoms with Gasteiger partial charge in [0.25, 0.3) is 0 Å². The summed E-state index contributed by atoms with van der Waals surface area (Å²) < 4.78 is 50.0. The zero-order chi connectivity index (χ0) is 20.1. The van der Waals surface area contributed by atoms with Gasteiger partial charge in [-0.15, -0.1) is 0 Å². The number of ether oxygens (including phenoxy) is 1. The van der Waals surface area contributed by atoms with E-state index in [1.165, 1.54) is 48.5 Å². The van der Waals surface area contributed by atoms with E-state index >= 15 is 0 Å². The normalized spacial score (nSPS) is 11.5. The Morgan fingerprint density at radius 2 is 1.82 bits per heavy atom. The molecule has 148 valence electrons. The van der Waals surface area contributed by atoms with Crippen LogP contribution in [0.1, 0.15) is 6.42 Å². The molecular formula is C19H18ClFN2O4S. The van der Waals surface area contributed by atoms with Crippen molar-refractivity contribution in [2.45, 2.75) is 16.3 Å². The van der Waals surface area contributed by atoms with Gasteiger partial charge in [-0.2, -0.15) is 4.98 Å². The smallest absolute Gasteiger partial charge is 0.233 e. The lowest BCUT2D eigenvalue weighted by molar-refractivity contribution is 0.197. The Kier molecular flexibility index (Phi) is 6.33. The number of nitrogens with zero attached hydrogens (tertiary/aromatic N) is 1. The minimum absolute atomic E-state index is 0.0189. The molecule has 0 amide bonds. The Hall–Kier alpha value is -2.42. The summed E-state index contributed by atoms with van der Waals surface area (Å²) in [5.74, 6) is -0.325. The molecule has 0 bridgehead atoms. The van der Waals surface area contributed by atoms with Crippen molar-refractivity contribution < 1.29 is 22.0 Å². The Labute approximate surface area is 167 Å². The number of methoxy groups -OCH3 is 1. The van der Waals surface area contributed by atoms with Gasteiger partial charge < -0.3 is 14.5 Å². The summed E-state index contributed by atoms with van der Waals surface area (Å²) >= 11 is 5.85. The topological polar surface area (TPSA) is 81.4 Å². The van der Waals surface area contributed by atoms with E-state index in [2.05, 4.69) is 10.3 Å². The Morgan fingerprint density at radius 3 is 2.46 bits per heavy atom. The molecule has 0 aliphatic rings. The van der Waals surface area contributed by atoms with Crippen LogP contribution in [-0.2, 0) is 14.6 Å². The third kappa shape index (κ3) is 4.52. The summed E-state index contributed by atoms with van der Waals surface area (Å²) in [6.45, 7) is 0.931. The number of benzene rings is 2. The lowest BCUT2D eigenvalue weighted by Gasteiger charge is -2.06. The molecule has 6 nitrogen and oxygen atoms in total. The van der Waals surface area contributed by atoms with Gasteiger partial charge in [-0.1, -0.05) is 11.6 Å². The van der Waals surface area contributed by atoms with E-state index in [1.54, 1.807) is 7.11 Å². The molecule has 0 atom stereocenters. The molecule has 3 aromatic rings. The number of anilines is 1. The maximum Gasteiger partial charge on any atom is 0.233 e. The van der Waals surface area contributed by atoms with Gasteiger partial charge in [0, 0.05) is 30.8 Å². The van der Waals surface area contributed by atoms with Gasteiger partial charge in [0.05, 0.1) is 4.90 Å². The number of aromatic nitrogens is 1. The van der Waals surface area contributed by atoms with Crippen LogP contribution in [0.5, 0.6) is 0 Å². The number of hydrogen-bond acceptors (Lipinski definition) is 6. The fourth-order valence-corrected chi connectivity index (χ4v) is 3.86. The number of sulfone groups is 1. The van der Waals surface area contributed by atoms with Gasteiger partial charge >= 0.3 is 0 Å². The van der Waals surface area contributed by atoms with Gasteiger partial charge in [0.1, 0.15) is 5.82 Å². The summed E-state index contributed by atoms with van der Waals surface area (Å²) in [7, 11) is -2.37. The molecule has 0 unspecified atom stereocenters. The highest BCUT2D eigenvalue weighted by Crippen LogP contribution is 2.32. The van der Waals surface area contributed by atoms with Gasteiger partial charge in [-0.3, -0.25) is 0 Å². The summed E-state index contributed by atoms with van der Waals surface area (Å²) in [6.07, 6.45) is 0.642. The Bertz CT molecular complexity index is 1030. The van der Waals surface area contributed by atoms with Crippen LogP contribution in [0.3, 0.4) is 0 Å². The molecule has 1 N–H and O–H groups in total. The van der Waals surface area contributed by atoms with Crippen molar-refractivity contribution in [3.05, 3.63) is 59.4 Å². The van der Waals surface area contributed by atoms with Crippen molar-refractivity contribution in [3.8, 4) is 11.5 Å². The number of halogens is 2. The highest BCUT2D eigenvalue weighted by atomic mass is 35.5. The van der Waals surface area contributed by atoms with Crippen LogP contribution >= 0.6 is 11.6 Å². The molecular weight excluding hydrogens is 407 g/mol. The summed E-state index contributed by atoms with van der Waals surface area (Å²) in [5.41, 5.74) is 0.457. The number of rotatable bonds is 8. The Balaban J connectivity index is 2.01. The predicted molar refractivity (Wildman–Crippen MR) is 104 cm³/mol. The molecule has 9 heteroatoms. The fourth-order valence-electron chi connectivity index (χ4n) is 2.46. The van der Waals surface area contributed by atoms with E-state index in [1.807, 2.05) is 0 Å². The average Bonchev–Trinajstić information content (AvgIpc) is 3.11.